The molecule has 3 rings (SSSR count). The number of hydrogen-bond donors (Lipinski definition) is 2. The zero-order valence-corrected chi connectivity index (χ0v) is 18.1. The van der Waals surface area contributed by atoms with Crippen molar-refractivity contribution in [1.29, 1.82) is 0 Å². The minimum Gasteiger partial charge on any atom is -0.507 e. The van der Waals surface area contributed by atoms with Crippen LogP contribution in [0, 0.1) is 0 Å². The Kier molecular flexibility index (Phi) is 6.49. The van der Waals surface area contributed by atoms with Crippen molar-refractivity contribution in [1.82, 2.24) is 5.32 Å². The summed E-state index contributed by atoms with van der Waals surface area (Å²) >= 11 is 0. The molecule has 0 bridgehead atoms. The predicted molar refractivity (Wildman–Crippen MR) is 120 cm³/mol. The van der Waals surface area contributed by atoms with Crippen LogP contribution in [0.1, 0.15) is 38.8 Å². The Balaban J connectivity index is 1.90. The third-order valence-corrected chi connectivity index (χ3v) is 4.81. The summed E-state index contributed by atoms with van der Waals surface area (Å²) in [4.78, 5) is 24.2. The van der Waals surface area contributed by atoms with E-state index in [4.69, 9.17) is 9.47 Å². The number of phenolic OH excluding ortho intramolecular Hbond substituents is 1. The molecule has 0 aromatic heterocycles. The van der Waals surface area contributed by atoms with Crippen molar-refractivity contribution in [3.8, 4) is 16.9 Å². The fourth-order valence-electron chi connectivity index (χ4n) is 3.38. The SMILES string of the molecule is COC(=O)C[C@H](NC(=O)OC(C)(C)C)c1ccc(-c2ccc(O)c3ccccc23)cc1. The first-order valence-electron chi connectivity index (χ1n) is 10.1. The zero-order chi connectivity index (χ0) is 22.6. The molecule has 0 saturated carbocycles. The summed E-state index contributed by atoms with van der Waals surface area (Å²) < 4.78 is 10.1. The second-order valence-electron chi connectivity index (χ2n) is 8.28. The summed E-state index contributed by atoms with van der Waals surface area (Å²) in [6.45, 7) is 5.33. The van der Waals surface area contributed by atoms with Crippen molar-refractivity contribution >= 4 is 22.8 Å². The summed E-state index contributed by atoms with van der Waals surface area (Å²) in [5, 5.41) is 14.6. The Hall–Kier alpha value is -3.54. The highest BCUT2D eigenvalue weighted by atomic mass is 16.6. The standard InChI is InChI=1S/C25H27NO5/c1-25(2,3)31-24(29)26-21(15-23(28)30-4)17-11-9-16(10-12-17)18-13-14-22(27)20-8-6-5-7-19(18)20/h5-14,21,27H,15H2,1-4H3,(H,26,29)/t21-/m0/s1. The number of phenols is 1. The molecule has 6 nitrogen and oxygen atoms in total. The number of benzene rings is 3. The van der Waals surface area contributed by atoms with Gasteiger partial charge in [0.15, 0.2) is 0 Å². The first-order valence-corrected chi connectivity index (χ1v) is 10.1. The molecule has 31 heavy (non-hydrogen) atoms. The molecule has 2 N–H and O–H groups in total. The Labute approximate surface area is 181 Å². The van der Waals surface area contributed by atoms with E-state index in [2.05, 4.69) is 5.32 Å². The van der Waals surface area contributed by atoms with E-state index in [1.165, 1.54) is 7.11 Å². The molecule has 1 atom stereocenters. The first-order chi connectivity index (χ1) is 14.7. The van der Waals surface area contributed by atoms with Gasteiger partial charge in [-0.1, -0.05) is 54.6 Å². The van der Waals surface area contributed by atoms with Gasteiger partial charge >= 0.3 is 12.1 Å². The molecule has 6 heteroatoms. The van der Waals surface area contributed by atoms with E-state index < -0.39 is 23.7 Å². The number of fused-ring (bicyclic) bond motifs is 1. The van der Waals surface area contributed by atoms with Gasteiger partial charge in [0, 0.05) is 5.39 Å². The molecule has 0 aliphatic heterocycles. The highest BCUT2D eigenvalue weighted by Crippen LogP contribution is 2.34. The Morgan fingerprint density at radius 3 is 2.23 bits per heavy atom. The second kappa shape index (κ2) is 9.08. The molecule has 0 aliphatic rings. The van der Waals surface area contributed by atoms with E-state index in [-0.39, 0.29) is 12.2 Å². The van der Waals surface area contributed by atoms with E-state index in [1.54, 1.807) is 26.8 Å². The number of alkyl carbamates (subject to hydrolysis) is 1. The smallest absolute Gasteiger partial charge is 0.408 e. The van der Waals surface area contributed by atoms with E-state index >= 15 is 0 Å². The van der Waals surface area contributed by atoms with E-state index in [1.807, 2.05) is 54.6 Å². The maximum absolute atomic E-state index is 12.3. The Bertz CT molecular complexity index is 1080. The van der Waals surface area contributed by atoms with Gasteiger partial charge < -0.3 is 19.9 Å². The average molecular weight is 421 g/mol. The number of ether oxygens (including phenoxy) is 2. The maximum atomic E-state index is 12.3. The highest BCUT2D eigenvalue weighted by molar-refractivity contribution is 5.99. The maximum Gasteiger partial charge on any atom is 0.408 e. The molecule has 0 spiro atoms. The number of carbonyl (C=O) groups is 2. The van der Waals surface area contributed by atoms with Crippen LogP contribution < -0.4 is 5.32 Å². The summed E-state index contributed by atoms with van der Waals surface area (Å²) in [7, 11) is 1.31. The number of nitrogens with one attached hydrogen (secondary N) is 1. The van der Waals surface area contributed by atoms with Gasteiger partial charge in [0.05, 0.1) is 19.6 Å². The lowest BCUT2D eigenvalue weighted by atomic mass is 9.95. The highest BCUT2D eigenvalue weighted by Gasteiger charge is 2.23. The summed E-state index contributed by atoms with van der Waals surface area (Å²) in [5.41, 5.74) is 2.03. The van der Waals surface area contributed by atoms with Gasteiger partial charge in [-0.15, -0.1) is 0 Å². The Morgan fingerprint density at radius 1 is 0.968 bits per heavy atom. The van der Waals surface area contributed by atoms with Crippen molar-refractivity contribution in [2.24, 2.45) is 0 Å². The normalized spacial score (nSPS) is 12.3. The fourth-order valence-corrected chi connectivity index (χ4v) is 3.38. The van der Waals surface area contributed by atoms with Gasteiger partial charge in [0.1, 0.15) is 11.4 Å². The lowest BCUT2D eigenvalue weighted by Crippen LogP contribution is -2.35. The number of esters is 1. The number of methoxy groups -OCH3 is 1. The van der Waals surface area contributed by atoms with Crippen molar-refractivity contribution in [3.05, 3.63) is 66.2 Å². The average Bonchev–Trinajstić information content (AvgIpc) is 2.72. The summed E-state index contributed by atoms with van der Waals surface area (Å²) in [6, 6.07) is 18.2. The van der Waals surface area contributed by atoms with Gasteiger partial charge in [-0.25, -0.2) is 4.79 Å². The quantitative estimate of drug-likeness (QED) is 0.543. The number of aromatic hydroxyl groups is 1. The van der Waals surface area contributed by atoms with Crippen LogP contribution in [0.2, 0.25) is 0 Å². The van der Waals surface area contributed by atoms with Gasteiger partial charge in [-0.3, -0.25) is 4.79 Å². The Morgan fingerprint density at radius 2 is 1.61 bits per heavy atom. The van der Waals surface area contributed by atoms with Crippen LogP contribution in [0.15, 0.2) is 60.7 Å². The van der Waals surface area contributed by atoms with Gasteiger partial charge in [-0.2, -0.15) is 0 Å². The number of rotatable bonds is 5. The van der Waals surface area contributed by atoms with Crippen molar-refractivity contribution in [2.45, 2.75) is 38.8 Å². The molecule has 0 unspecified atom stereocenters. The van der Waals surface area contributed by atoms with Crippen molar-refractivity contribution in [2.75, 3.05) is 7.11 Å². The van der Waals surface area contributed by atoms with E-state index in [9.17, 15) is 14.7 Å². The molecule has 0 aliphatic carbocycles. The molecule has 3 aromatic rings. The first kappa shape index (κ1) is 22.2. The fraction of sp³-hybridized carbons (Fsp3) is 0.280. The minimum absolute atomic E-state index is 0.0166. The third kappa shape index (κ3) is 5.54. The lowest BCUT2D eigenvalue weighted by molar-refractivity contribution is -0.141. The van der Waals surface area contributed by atoms with Gasteiger partial charge in [0.2, 0.25) is 0 Å². The van der Waals surface area contributed by atoms with Crippen molar-refractivity contribution in [3.63, 3.8) is 0 Å². The topological polar surface area (TPSA) is 84.9 Å². The van der Waals surface area contributed by atoms with Gasteiger partial charge in [0.25, 0.3) is 0 Å². The third-order valence-electron chi connectivity index (χ3n) is 4.81. The molecule has 1 amide bonds. The van der Waals surface area contributed by atoms with E-state index in [0.717, 1.165) is 27.5 Å². The predicted octanol–water partition coefficient (Wildman–Crippen LogP) is 5.34. The number of hydrogen-bond acceptors (Lipinski definition) is 5. The molecule has 0 saturated heterocycles. The largest absolute Gasteiger partial charge is 0.507 e. The second-order valence-corrected chi connectivity index (χ2v) is 8.28. The van der Waals surface area contributed by atoms with Crippen LogP contribution in [0.5, 0.6) is 5.75 Å². The zero-order valence-electron chi connectivity index (χ0n) is 18.1. The minimum atomic E-state index is -0.649. The lowest BCUT2D eigenvalue weighted by Gasteiger charge is -2.23. The van der Waals surface area contributed by atoms with Crippen LogP contribution in [0.3, 0.4) is 0 Å². The summed E-state index contributed by atoms with van der Waals surface area (Å²) in [5.74, 6) is -0.203. The van der Waals surface area contributed by atoms with Crippen molar-refractivity contribution < 1.29 is 24.2 Å². The van der Waals surface area contributed by atoms with Crippen LogP contribution in [0.4, 0.5) is 4.79 Å². The van der Waals surface area contributed by atoms with Crippen LogP contribution in [-0.2, 0) is 14.3 Å². The molecule has 0 fully saturated rings. The molecule has 0 radical (unpaired) electrons. The number of carbonyl (C=O) groups excluding carboxylic acids is 2. The van der Waals surface area contributed by atoms with E-state index in [0.29, 0.717) is 0 Å². The van der Waals surface area contributed by atoms with Crippen LogP contribution in [0.25, 0.3) is 21.9 Å². The van der Waals surface area contributed by atoms with Crippen LogP contribution >= 0.6 is 0 Å². The summed E-state index contributed by atoms with van der Waals surface area (Å²) in [6.07, 6.45) is -0.618. The molecular weight excluding hydrogens is 394 g/mol. The monoisotopic (exact) mass is 421 g/mol. The molecule has 0 heterocycles. The molecule has 3 aromatic carbocycles. The molecular formula is C25H27NO5. The molecule has 162 valence electrons. The number of amides is 1. The van der Waals surface area contributed by atoms with Crippen LogP contribution in [-0.4, -0.2) is 29.9 Å². The van der Waals surface area contributed by atoms with Gasteiger partial charge in [-0.05, 0) is 48.9 Å².